The molecular formula is C21H32N2O4. The molecule has 1 atom stereocenters. The van der Waals surface area contributed by atoms with Crippen molar-refractivity contribution in [1.82, 2.24) is 9.80 Å². The highest BCUT2D eigenvalue weighted by molar-refractivity contribution is 5.77. The first kappa shape index (κ1) is 20.1. The number of β-amino-alcohol motifs (C(OH)–C–C–N with tert-alkyl or cyclic N) is 1. The molecule has 0 aromatic heterocycles. The van der Waals surface area contributed by atoms with Gasteiger partial charge in [0.1, 0.15) is 24.6 Å². The van der Waals surface area contributed by atoms with Crippen molar-refractivity contribution in [2.24, 2.45) is 0 Å². The van der Waals surface area contributed by atoms with E-state index in [4.69, 9.17) is 9.47 Å². The second-order valence-corrected chi connectivity index (χ2v) is 7.98. The quantitative estimate of drug-likeness (QED) is 0.821. The number of ether oxygens (including phenoxy) is 2. The van der Waals surface area contributed by atoms with Crippen molar-refractivity contribution in [3.63, 3.8) is 0 Å². The minimum Gasteiger partial charge on any atom is -0.490 e. The van der Waals surface area contributed by atoms with Crippen LogP contribution in [0.15, 0.2) is 24.3 Å². The lowest BCUT2D eigenvalue weighted by molar-refractivity contribution is -0.138. The van der Waals surface area contributed by atoms with Crippen LogP contribution in [-0.4, -0.2) is 79.0 Å². The van der Waals surface area contributed by atoms with Crippen LogP contribution in [0.3, 0.4) is 0 Å². The van der Waals surface area contributed by atoms with Crippen LogP contribution in [0.5, 0.6) is 5.75 Å². The van der Waals surface area contributed by atoms with Crippen molar-refractivity contribution in [2.75, 3.05) is 46.5 Å². The highest BCUT2D eigenvalue weighted by Gasteiger charge is 2.39. The van der Waals surface area contributed by atoms with Crippen molar-refractivity contribution < 1.29 is 19.4 Å². The number of amides is 1. The standard InChI is InChI=1S/C21H32N2O4/c1-17-7-9-19(10-8-17)27-16-21(25)14-22(18-5-3-4-6-18)11-12-23(15-21)20(24)13-26-2/h7-10,18,25H,3-6,11-16H2,1-2H3. The van der Waals surface area contributed by atoms with Gasteiger partial charge in [-0.3, -0.25) is 9.69 Å². The molecule has 6 heteroatoms. The smallest absolute Gasteiger partial charge is 0.248 e. The van der Waals surface area contributed by atoms with Gasteiger partial charge in [0.25, 0.3) is 0 Å². The molecule has 6 nitrogen and oxygen atoms in total. The molecule has 1 unspecified atom stereocenters. The van der Waals surface area contributed by atoms with Gasteiger partial charge in [-0.25, -0.2) is 0 Å². The molecule has 3 rings (SSSR count). The Balaban J connectivity index is 1.72. The van der Waals surface area contributed by atoms with Gasteiger partial charge in [-0.15, -0.1) is 0 Å². The van der Waals surface area contributed by atoms with Gasteiger partial charge in [0.2, 0.25) is 5.91 Å². The molecule has 1 amide bonds. The van der Waals surface area contributed by atoms with E-state index in [1.165, 1.54) is 38.4 Å². The molecule has 1 saturated carbocycles. The summed E-state index contributed by atoms with van der Waals surface area (Å²) in [6, 6.07) is 8.31. The fourth-order valence-electron chi connectivity index (χ4n) is 4.14. The van der Waals surface area contributed by atoms with Gasteiger partial charge in [-0.05, 0) is 31.9 Å². The van der Waals surface area contributed by atoms with E-state index in [-0.39, 0.29) is 25.7 Å². The zero-order chi connectivity index (χ0) is 19.3. The van der Waals surface area contributed by atoms with Crippen molar-refractivity contribution in [1.29, 1.82) is 0 Å². The summed E-state index contributed by atoms with van der Waals surface area (Å²) in [5.41, 5.74) is 0.0622. The van der Waals surface area contributed by atoms with Crippen LogP contribution in [0.4, 0.5) is 0 Å². The van der Waals surface area contributed by atoms with E-state index in [0.717, 1.165) is 12.3 Å². The summed E-state index contributed by atoms with van der Waals surface area (Å²) in [5, 5.41) is 11.4. The molecule has 2 aliphatic rings. The number of nitrogens with zero attached hydrogens (tertiary/aromatic N) is 2. The number of aliphatic hydroxyl groups is 1. The second-order valence-electron chi connectivity index (χ2n) is 7.98. The van der Waals surface area contributed by atoms with E-state index in [2.05, 4.69) is 4.90 Å². The van der Waals surface area contributed by atoms with E-state index in [0.29, 0.717) is 19.1 Å². The van der Waals surface area contributed by atoms with Crippen molar-refractivity contribution in [3.05, 3.63) is 29.8 Å². The number of aryl methyl sites for hydroxylation is 1. The van der Waals surface area contributed by atoms with Gasteiger partial charge in [-0.2, -0.15) is 0 Å². The average molecular weight is 376 g/mol. The maximum atomic E-state index is 12.4. The molecule has 27 heavy (non-hydrogen) atoms. The first-order chi connectivity index (χ1) is 13.0. The van der Waals surface area contributed by atoms with E-state index in [1.807, 2.05) is 31.2 Å². The topological polar surface area (TPSA) is 62.2 Å². The van der Waals surface area contributed by atoms with Crippen LogP contribution in [0.1, 0.15) is 31.2 Å². The van der Waals surface area contributed by atoms with Crippen LogP contribution < -0.4 is 4.74 Å². The monoisotopic (exact) mass is 376 g/mol. The Kier molecular flexibility index (Phi) is 6.73. The van der Waals surface area contributed by atoms with Crippen LogP contribution in [-0.2, 0) is 9.53 Å². The largest absolute Gasteiger partial charge is 0.490 e. The minimum absolute atomic E-state index is 0.0400. The molecule has 1 saturated heterocycles. The van der Waals surface area contributed by atoms with E-state index >= 15 is 0 Å². The normalized spacial score (nSPS) is 24.8. The number of hydrogen-bond donors (Lipinski definition) is 1. The van der Waals surface area contributed by atoms with Gasteiger partial charge in [-0.1, -0.05) is 30.5 Å². The first-order valence-electron chi connectivity index (χ1n) is 9.92. The van der Waals surface area contributed by atoms with Crippen LogP contribution in [0.25, 0.3) is 0 Å². The lowest BCUT2D eigenvalue weighted by atomic mass is 10.0. The first-order valence-corrected chi connectivity index (χ1v) is 9.92. The Bertz CT molecular complexity index is 615. The summed E-state index contributed by atoms with van der Waals surface area (Å²) in [4.78, 5) is 16.5. The van der Waals surface area contributed by atoms with E-state index in [1.54, 1.807) is 4.90 Å². The summed E-state index contributed by atoms with van der Waals surface area (Å²) < 4.78 is 10.9. The third-order valence-corrected chi connectivity index (χ3v) is 5.63. The summed E-state index contributed by atoms with van der Waals surface area (Å²) in [7, 11) is 1.52. The van der Waals surface area contributed by atoms with Gasteiger partial charge in [0.15, 0.2) is 0 Å². The van der Waals surface area contributed by atoms with Gasteiger partial charge in [0.05, 0.1) is 6.54 Å². The lowest BCUT2D eigenvalue weighted by Crippen LogP contribution is -2.53. The predicted molar refractivity (Wildman–Crippen MR) is 104 cm³/mol. The molecule has 0 radical (unpaired) electrons. The van der Waals surface area contributed by atoms with Gasteiger partial charge >= 0.3 is 0 Å². The molecule has 1 aromatic carbocycles. The zero-order valence-corrected chi connectivity index (χ0v) is 16.5. The van der Waals surface area contributed by atoms with E-state index < -0.39 is 5.60 Å². The maximum absolute atomic E-state index is 12.4. The Morgan fingerprint density at radius 2 is 1.89 bits per heavy atom. The summed E-state index contributed by atoms with van der Waals surface area (Å²) in [5.74, 6) is 0.653. The predicted octanol–water partition coefficient (Wildman–Crippen LogP) is 1.84. The highest BCUT2D eigenvalue weighted by Crippen LogP contribution is 2.27. The number of benzene rings is 1. The molecule has 1 aliphatic carbocycles. The van der Waals surface area contributed by atoms with Crippen molar-refractivity contribution in [2.45, 2.75) is 44.2 Å². The number of hydrogen-bond acceptors (Lipinski definition) is 5. The third kappa shape index (κ3) is 5.43. The fourth-order valence-corrected chi connectivity index (χ4v) is 4.14. The maximum Gasteiger partial charge on any atom is 0.248 e. The summed E-state index contributed by atoms with van der Waals surface area (Å²) in [6.07, 6.45) is 4.82. The summed E-state index contributed by atoms with van der Waals surface area (Å²) >= 11 is 0. The van der Waals surface area contributed by atoms with Crippen molar-refractivity contribution in [3.8, 4) is 5.75 Å². The average Bonchev–Trinajstić information content (AvgIpc) is 3.12. The Hall–Kier alpha value is -1.63. The minimum atomic E-state index is -1.10. The molecule has 1 N–H and O–H groups in total. The van der Waals surface area contributed by atoms with Gasteiger partial charge < -0.3 is 19.5 Å². The second kappa shape index (κ2) is 9.04. The molecular weight excluding hydrogens is 344 g/mol. The number of rotatable bonds is 6. The number of methoxy groups -OCH3 is 1. The highest BCUT2D eigenvalue weighted by atomic mass is 16.5. The van der Waals surface area contributed by atoms with Crippen LogP contribution >= 0.6 is 0 Å². The van der Waals surface area contributed by atoms with Crippen LogP contribution in [0, 0.1) is 6.92 Å². The molecule has 0 spiro atoms. The van der Waals surface area contributed by atoms with E-state index in [9.17, 15) is 9.90 Å². The summed E-state index contributed by atoms with van der Waals surface area (Å²) in [6.45, 7) is 4.43. The fraction of sp³-hybridized carbons (Fsp3) is 0.667. The third-order valence-electron chi connectivity index (χ3n) is 5.63. The molecule has 1 aromatic rings. The van der Waals surface area contributed by atoms with Gasteiger partial charge in [0, 0.05) is 32.8 Å². The Morgan fingerprint density at radius 3 is 2.56 bits per heavy atom. The molecule has 0 bridgehead atoms. The molecule has 1 heterocycles. The van der Waals surface area contributed by atoms with Crippen LogP contribution in [0.2, 0.25) is 0 Å². The molecule has 2 fully saturated rings. The Morgan fingerprint density at radius 1 is 1.19 bits per heavy atom. The molecule has 150 valence electrons. The molecule has 1 aliphatic heterocycles. The Labute approximate surface area is 162 Å². The SMILES string of the molecule is COCC(=O)N1CCN(C2CCCC2)CC(O)(COc2ccc(C)cc2)C1. The van der Waals surface area contributed by atoms with Crippen molar-refractivity contribution >= 4 is 5.91 Å². The zero-order valence-electron chi connectivity index (χ0n) is 16.5. The number of carbonyl (C=O) groups is 1. The number of carbonyl (C=O) groups excluding carboxylic acids is 1. The lowest BCUT2D eigenvalue weighted by Gasteiger charge is -2.35.